The fourth-order valence-electron chi connectivity index (χ4n) is 0.988. The molecule has 0 amide bonds. The van der Waals surface area contributed by atoms with Gasteiger partial charge in [0.25, 0.3) is 0 Å². The van der Waals surface area contributed by atoms with Crippen LogP contribution in [0.1, 0.15) is 22.2 Å². The van der Waals surface area contributed by atoms with Crippen molar-refractivity contribution in [3.63, 3.8) is 0 Å². The van der Waals surface area contributed by atoms with Crippen molar-refractivity contribution in [3.8, 4) is 5.75 Å². The van der Waals surface area contributed by atoms with Gasteiger partial charge in [-0.2, -0.15) is 0 Å². The summed E-state index contributed by atoms with van der Waals surface area (Å²) in [5.74, 6) is -0.994. The monoisotopic (exact) mass is 198 g/mol. The van der Waals surface area contributed by atoms with Crippen molar-refractivity contribution in [1.82, 2.24) is 0 Å². The molecule has 1 aromatic carbocycles. The third-order valence-corrected chi connectivity index (χ3v) is 1.72. The zero-order valence-corrected chi connectivity index (χ0v) is 7.47. The van der Waals surface area contributed by atoms with Crippen LogP contribution >= 0.6 is 0 Å². The molecule has 5 heteroatoms. The number of carbonyl (C=O) groups excluding carboxylic acids is 1. The number of ether oxygens (including phenoxy) is 1. The van der Waals surface area contributed by atoms with Crippen molar-refractivity contribution in [3.05, 3.63) is 29.3 Å². The van der Waals surface area contributed by atoms with E-state index in [2.05, 4.69) is 4.74 Å². The molecule has 1 rings (SSSR count). The van der Waals surface area contributed by atoms with E-state index in [0.29, 0.717) is 0 Å². The summed E-state index contributed by atoms with van der Waals surface area (Å²) in [6, 6.07) is 3.65. The van der Waals surface area contributed by atoms with Gasteiger partial charge in [-0.1, -0.05) is 6.07 Å². The minimum absolute atomic E-state index is 0.0990. The third-order valence-electron chi connectivity index (χ3n) is 1.72. The van der Waals surface area contributed by atoms with Crippen LogP contribution in [0.5, 0.6) is 5.75 Å². The summed E-state index contributed by atoms with van der Waals surface area (Å²) < 4.78 is 4.39. The Balaban J connectivity index is 3.15. The number of aliphatic hydroxyl groups is 2. The molecule has 0 aliphatic heterocycles. The molecule has 0 atom stereocenters. The average Bonchev–Trinajstić information content (AvgIpc) is 2.17. The van der Waals surface area contributed by atoms with Crippen molar-refractivity contribution in [2.75, 3.05) is 7.11 Å². The van der Waals surface area contributed by atoms with E-state index in [0.717, 1.165) is 6.07 Å². The van der Waals surface area contributed by atoms with E-state index in [9.17, 15) is 9.90 Å². The van der Waals surface area contributed by atoms with Crippen LogP contribution in [0.25, 0.3) is 0 Å². The second-order valence-electron chi connectivity index (χ2n) is 2.64. The standard InChI is InChI=1S/C9H10O5/c1-14-9(13)6-4-5(8(11)12)2-3-7(6)10/h2-4,8,10-12H,1H3. The SMILES string of the molecule is COC(=O)c1cc(C(O)O)ccc1O. The summed E-state index contributed by atoms with van der Waals surface area (Å²) in [4.78, 5) is 11.1. The number of methoxy groups -OCH3 is 1. The molecule has 3 N–H and O–H groups in total. The normalized spacial score (nSPS) is 10.3. The van der Waals surface area contributed by atoms with Crippen molar-refractivity contribution < 1.29 is 24.9 Å². The Morgan fingerprint density at radius 3 is 2.57 bits per heavy atom. The van der Waals surface area contributed by atoms with E-state index in [-0.39, 0.29) is 16.9 Å². The molecule has 0 spiro atoms. The van der Waals surface area contributed by atoms with E-state index in [4.69, 9.17) is 10.2 Å². The topological polar surface area (TPSA) is 87.0 Å². The van der Waals surface area contributed by atoms with E-state index in [1.165, 1.54) is 19.2 Å². The van der Waals surface area contributed by atoms with Gasteiger partial charge in [0.15, 0.2) is 6.29 Å². The number of hydrogen-bond donors (Lipinski definition) is 3. The predicted molar refractivity (Wildman–Crippen MR) is 46.6 cm³/mol. The van der Waals surface area contributed by atoms with Gasteiger partial charge in [-0.25, -0.2) is 4.79 Å². The Labute approximate surface area is 80.2 Å². The van der Waals surface area contributed by atoms with Gasteiger partial charge in [0.05, 0.1) is 7.11 Å². The number of aromatic hydroxyl groups is 1. The lowest BCUT2D eigenvalue weighted by molar-refractivity contribution is -0.0425. The minimum atomic E-state index is -1.68. The number of aliphatic hydroxyl groups excluding tert-OH is 1. The van der Waals surface area contributed by atoms with Crippen molar-refractivity contribution in [2.24, 2.45) is 0 Å². The lowest BCUT2D eigenvalue weighted by atomic mass is 10.1. The Morgan fingerprint density at radius 1 is 1.43 bits per heavy atom. The van der Waals surface area contributed by atoms with Gasteiger partial charge in [0.2, 0.25) is 0 Å². The number of phenols is 1. The molecule has 0 radical (unpaired) electrons. The van der Waals surface area contributed by atoms with Crippen LogP contribution < -0.4 is 0 Å². The highest BCUT2D eigenvalue weighted by molar-refractivity contribution is 5.92. The zero-order chi connectivity index (χ0) is 10.7. The number of hydrogen-bond acceptors (Lipinski definition) is 5. The maximum Gasteiger partial charge on any atom is 0.341 e. The molecule has 1 aromatic rings. The fourth-order valence-corrected chi connectivity index (χ4v) is 0.988. The van der Waals surface area contributed by atoms with Gasteiger partial charge in [-0.15, -0.1) is 0 Å². The minimum Gasteiger partial charge on any atom is -0.507 e. The highest BCUT2D eigenvalue weighted by Crippen LogP contribution is 2.21. The Hall–Kier alpha value is -1.59. The van der Waals surface area contributed by atoms with Crippen LogP contribution in [0, 0.1) is 0 Å². The van der Waals surface area contributed by atoms with E-state index in [1.807, 2.05) is 0 Å². The quantitative estimate of drug-likeness (QED) is 0.465. The Morgan fingerprint density at radius 2 is 2.07 bits per heavy atom. The molecule has 76 valence electrons. The summed E-state index contributed by atoms with van der Waals surface area (Å²) in [6.07, 6.45) is -1.68. The highest BCUT2D eigenvalue weighted by Gasteiger charge is 2.14. The van der Waals surface area contributed by atoms with Gasteiger partial charge in [0, 0.05) is 5.56 Å². The van der Waals surface area contributed by atoms with Crippen molar-refractivity contribution in [2.45, 2.75) is 6.29 Å². The number of benzene rings is 1. The molecule has 0 heterocycles. The van der Waals surface area contributed by atoms with E-state index < -0.39 is 12.3 Å². The van der Waals surface area contributed by atoms with Gasteiger partial charge in [-0.05, 0) is 12.1 Å². The zero-order valence-electron chi connectivity index (χ0n) is 7.47. The summed E-state index contributed by atoms with van der Waals surface area (Å²) in [7, 11) is 1.17. The Kier molecular flexibility index (Phi) is 3.06. The molecule has 14 heavy (non-hydrogen) atoms. The van der Waals surface area contributed by atoms with Gasteiger partial charge in [0.1, 0.15) is 11.3 Å². The molecule has 0 saturated heterocycles. The maximum atomic E-state index is 11.1. The highest BCUT2D eigenvalue weighted by atomic mass is 16.5. The largest absolute Gasteiger partial charge is 0.507 e. The number of esters is 1. The van der Waals surface area contributed by atoms with Gasteiger partial charge < -0.3 is 20.1 Å². The first-order valence-corrected chi connectivity index (χ1v) is 3.83. The van der Waals surface area contributed by atoms with Crippen LogP contribution in [0.15, 0.2) is 18.2 Å². The number of rotatable bonds is 2. The summed E-state index contributed by atoms with van der Waals surface area (Å²) in [5.41, 5.74) is 0.0151. The fraction of sp³-hybridized carbons (Fsp3) is 0.222. The predicted octanol–water partition coefficient (Wildman–Crippen LogP) is 0.162. The summed E-state index contributed by atoms with van der Waals surface area (Å²) in [6.45, 7) is 0. The smallest absolute Gasteiger partial charge is 0.341 e. The molecule has 0 bridgehead atoms. The lowest BCUT2D eigenvalue weighted by Crippen LogP contribution is -2.04. The molecule has 0 aromatic heterocycles. The van der Waals surface area contributed by atoms with Crippen LogP contribution in [0.4, 0.5) is 0 Å². The first-order valence-electron chi connectivity index (χ1n) is 3.83. The van der Waals surface area contributed by atoms with Crippen molar-refractivity contribution in [1.29, 1.82) is 0 Å². The van der Waals surface area contributed by atoms with E-state index in [1.54, 1.807) is 0 Å². The van der Waals surface area contributed by atoms with Crippen LogP contribution in [-0.2, 0) is 4.74 Å². The molecule has 5 nitrogen and oxygen atoms in total. The van der Waals surface area contributed by atoms with Gasteiger partial charge in [-0.3, -0.25) is 0 Å². The molecular weight excluding hydrogens is 188 g/mol. The van der Waals surface area contributed by atoms with Crippen LogP contribution in [-0.4, -0.2) is 28.4 Å². The lowest BCUT2D eigenvalue weighted by Gasteiger charge is -2.07. The second-order valence-corrected chi connectivity index (χ2v) is 2.64. The maximum absolute atomic E-state index is 11.1. The summed E-state index contributed by atoms with van der Waals surface area (Å²) in [5, 5.41) is 26.9. The molecule has 0 aliphatic rings. The molecular formula is C9H10O5. The third kappa shape index (κ3) is 2.01. The molecule has 0 saturated carbocycles. The number of phenolic OH excluding ortho intramolecular Hbond substituents is 1. The van der Waals surface area contributed by atoms with Crippen molar-refractivity contribution >= 4 is 5.97 Å². The Bertz CT molecular complexity index is 345. The first-order chi connectivity index (χ1) is 6.56. The number of carbonyl (C=O) groups is 1. The van der Waals surface area contributed by atoms with E-state index >= 15 is 0 Å². The average molecular weight is 198 g/mol. The molecule has 0 unspecified atom stereocenters. The molecule has 0 fully saturated rings. The first kappa shape index (κ1) is 10.5. The molecule has 0 aliphatic carbocycles. The van der Waals surface area contributed by atoms with Crippen LogP contribution in [0.2, 0.25) is 0 Å². The second kappa shape index (κ2) is 4.08. The van der Waals surface area contributed by atoms with Gasteiger partial charge >= 0.3 is 5.97 Å². The van der Waals surface area contributed by atoms with Crippen LogP contribution in [0.3, 0.4) is 0 Å². The summed E-state index contributed by atoms with van der Waals surface area (Å²) >= 11 is 0.